The summed E-state index contributed by atoms with van der Waals surface area (Å²) in [5.74, 6) is 0. The van der Waals surface area contributed by atoms with Gasteiger partial charge in [-0.1, -0.05) is 146 Å². The number of fused-ring (bicyclic) bond motifs is 5. The Labute approximate surface area is 279 Å². The number of pyridine rings is 1. The van der Waals surface area contributed by atoms with Gasteiger partial charge in [-0.05, 0) is 80.9 Å². The fourth-order valence-corrected chi connectivity index (χ4v) is 7.11. The van der Waals surface area contributed by atoms with Crippen LogP contribution in [0.5, 0.6) is 0 Å². The van der Waals surface area contributed by atoms with E-state index in [1.807, 2.05) is 6.07 Å². The van der Waals surface area contributed by atoms with Crippen molar-refractivity contribution in [2.75, 3.05) is 0 Å². The van der Waals surface area contributed by atoms with E-state index in [1.165, 1.54) is 21.9 Å². The number of hydrogen-bond donors (Lipinski definition) is 0. The molecule has 0 aliphatic carbocycles. The lowest BCUT2D eigenvalue weighted by molar-refractivity contribution is 0.670. The Morgan fingerprint density at radius 2 is 1.06 bits per heavy atom. The first-order valence-corrected chi connectivity index (χ1v) is 16.4. The van der Waals surface area contributed by atoms with Gasteiger partial charge in [-0.3, -0.25) is 0 Å². The predicted octanol–water partition coefficient (Wildman–Crippen LogP) is 12.8. The topological polar surface area (TPSA) is 26.0 Å². The average Bonchev–Trinajstić information content (AvgIpc) is 3.56. The fraction of sp³-hybridized carbons (Fsp3) is 0.0217. The van der Waals surface area contributed by atoms with Crippen LogP contribution in [0.3, 0.4) is 0 Å². The fourth-order valence-electron chi connectivity index (χ4n) is 7.11. The molecule has 9 rings (SSSR count). The van der Waals surface area contributed by atoms with E-state index in [4.69, 9.17) is 9.40 Å². The minimum Gasteiger partial charge on any atom is -0.455 e. The SMILES string of the molecule is Cc1c(-c2ccccc2)cc(-c2ccccc2)nc1-c1ccc(-c2cccc(-c3ccccc3)c2)c2c1oc1ccc3ccccc3c12. The molecular formula is C46H31NO. The summed E-state index contributed by atoms with van der Waals surface area (Å²) in [5.41, 5.74) is 13.8. The van der Waals surface area contributed by atoms with Gasteiger partial charge in [0.1, 0.15) is 11.2 Å². The van der Waals surface area contributed by atoms with Crippen molar-refractivity contribution in [1.29, 1.82) is 0 Å². The van der Waals surface area contributed by atoms with E-state index in [0.717, 1.165) is 72.3 Å². The highest BCUT2D eigenvalue weighted by molar-refractivity contribution is 6.24. The van der Waals surface area contributed by atoms with Gasteiger partial charge in [-0.25, -0.2) is 4.98 Å². The monoisotopic (exact) mass is 613 g/mol. The quantitative estimate of drug-likeness (QED) is 0.193. The molecule has 2 heteroatoms. The van der Waals surface area contributed by atoms with Crippen LogP contribution in [0, 0.1) is 6.92 Å². The second-order valence-electron chi connectivity index (χ2n) is 12.3. The summed E-state index contributed by atoms with van der Waals surface area (Å²) < 4.78 is 6.93. The summed E-state index contributed by atoms with van der Waals surface area (Å²) in [7, 11) is 0. The minimum absolute atomic E-state index is 0.851. The molecule has 9 aromatic rings. The van der Waals surface area contributed by atoms with Crippen LogP contribution in [0.2, 0.25) is 0 Å². The Bertz CT molecular complexity index is 2600. The molecule has 226 valence electrons. The zero-order chi connectivity index (χ0) is 32.0. The van der Waals surface area contributed by atoms with Crippen LogP contribution in [0.1, 0.15) is 5.56 Å². The highest BCUT2D eigenvalue weighted by Gasteiger charge is 2.22. The summed E-state index contributed by atoms with van der Waals surface area (Å²) in [4.78, 5) is 5.38. The van der Waals surface area contributed by atoms with Crippen LogP contribution < -0.4 is 0 Å². The third kappa shape index (κ3) is 4.70. The lowest BCUT2D eigenvalue weighted by atomic mass is 9.90. The van der Waals surface area contributed by atoms with Crippen LogP contribution in [-0.4, -0.2) is 4.98 Å². The molecule has 0 fully saturated rings. The molecule has 0 N–H and O–H groups in total. The Balaban J connectivity index is 1.37. The summed E-state index contributed by atoms with van der Waals surface area (Å²) in [6, 6.07) is 60.0. The smallest absolute Gasteiger partial charge is 0.145 e. The van der Waals surface area contributed by atoms with Crippen molar-refractivity contribution in [1.82, 2.24) is 4.98 Å². The van der Waals surface area contributed by atoms with Crippen molar-refractivity contribution in [2.24, 2.45) is 0 Å². The standard InChI is InChI=1S/C46H31NO/c1-30-40(32-16-7-3-8-17-32)29-41(34-19-9-4-10-20-34)47-45(30)39-26-25-38(36-22-13-21-35(28-36)31-14-5-2-6-15-31)44-43-37-23-12-11-18-33(37)24-27-42(43)48-46(39)44/h2-29H,1H3. The van der Waals surface area contributed by atoms with Crippen LogP contribution in [0.25, 0.3) is 88.6 Å². The molecule has 0 aliphatic rings. The number of furan rings is 1. The highest BCUT2D eigenvalue weighted by atomic mass is 16.3. The van der Waals surface area contributed by atoms with Gasteiger partial charge in [-0.2, -0.15) is 0 Å². The summed E-state index contributed by atoms with van der Waals surface area (Å²) in [6.45, 7) is 2.18. The molecule has 2 nitrogen and oxygen atoms in total. The maximum Gasteiger partial charge on any atom is 0.145 e. The van der Waals surface area contributed by atoms with E-state index in [1.54, 1.807) is 0 Å². The molecule has 0 aliphatic heterocycles. The van der Waals surface area contributed by atoms with Gasteiger partial charge in [0, 0.05) is 21.9 Å². The average molecular weight is 614 g/mol. The normalized spacial score (nSPS) is 11.4. The lowest BCUT2D eigenvalue weighted by Crippen LogP contribution is -1.97. The van der Waals surface area contributed by atoms with Gasteiger partial charge in [-0.15, -0.1) is 0 Å². The molecule has 0 saturated carbocycles. The second-order valence-corrected chi connectivity index (χ2v) is 12.3. The molecule has 0 radical (unpaired) electrons. The van der Waals surface area contributed by atoms with Crippen molar-refractivity contribution in [3.05, 3.63) is 175 Å². The van der Waals surface area contributed by atoms with E-state index in [9.17, 15) is 0 Å². The Hall–Kier alpha value is -6.25. The Morgan fingerprint density at radius 3 is 1.83 bits per heavy atom. The zero-order valence-electron chi connectivity index (χ0n) is 26.5. The summed E-state index contributed by atoms with van der Waals surface area (Å²) in [5, 5.41) is 4.61. The number of benzene rings is 7. The molecule has 0 saturated heterocycles. The molecule has 0 atom stereocenters. The maximum absolute atomic E-state index is 6.93. The van der Waals surface area contributed by atoms with Gasteiger partial charge < -0.3 is 4.42 Å². The molecule has 0 spiro atoms. The van der Waals surface area contributed by atoms with Crippen molar-refractivity contribution in [3.8, 4) is 55.9 Å². The van der Waals surface area contributed by atoms with E-state index in [2.05, 4.69) is 171 Å². The third-order valence-electron chi connectivity index (χ3n) is 9.47. The number of nitrogens with zero attached hydrogens (tertiary/aromatic N) is 1. The van der Waals surface area contributed by atoms with Crippen LogP contribution in [0.4, 0.5) is 0 Å². The summed E-state index contributed by atoms with van der Waals surface area (Å²) in [6.07, 6.45) is 0. The van der Waals surface area contributed by atoms with Crippen molar-refractivity contribution in [3.63, 3.8) is 0 Å². The summed E-state index contributed by atoms with van der Waals surface area (Å²) >= 11 is 0. The van der Waals surface area contributed by atoms with Gasteiger partial charge in [0.25, 0.3) is 0 Å². The number of rotatable bonds is 5. The molecular weight excluding hydrogens is 583 g/mol. The van der Waals surface area contributed by atoms with Crippen molar-refractivity contribution in [2.45, 2.75) is 6.92 Å². The largest absolute Gasteiger partial charge is 0.455 e. The van der Waals surface area contributed by atoms with E-state index in [0.29, 0.717) is 0 Å². The third-order valence-corrected chi connectivity index (χ3v) is 9.47. The molecule has 7 aromatic carbocycles. The van der Waals surface area contributed by atoms with E-state index >= 15 is 0 Å². The molecule has 0 amide bonds. The van der Waals surface area contributed by atoms with Crippen molar-refractivity contribution >= 4 is 32.7 Å². The van der Waals surface area contributed by atoms with E-state index in [-0.39, 0.29) is 0 Å². The van der Waals surface area contributed by atoms with Gasteiger partial charge in [0.2, 0.25) is 0 Å². The highest BCUT2D eigenvalue weighted by Crippen LogP contribution is 2.46. The van der Waals surface area contributed by atoms with Crippen LogP contribution in [0.15, 0.2) is 174 Å². The lowest BCUT2D eigenvalue weighted by Gasteiger charge is -2.16. The van der Waals surface area contributed by atoms with Gasteiger partial charge in [0.15, 0.2) is 0 Å². The Morgan fingerprint density at radius 1 is 0.438 bits per heavy atom. The first-order chi connectivity index (χ1) is 23.7. The molecule has 0 unspecified atom stereocenters. The maximum atomic E-state index is 6.93. The molecule has 2 aromatic heterocycles. The first kappa shape index (κ1) is 28.0. The van der Waals surface area contributed by atoms with Crippen LogP contribution in [-0.2, 0) is 0 Å². The van der Waals surface area contributed by atoms with Gasteiger partial charge >= 0.3 is 0 Å². The van der Waals surface area contributed by atoms with Gasteiger partial charge in [0.05, 0.1) is 11.4 Å². The molecule has 2 heterocycles. The second kappa shape index (κ2) is 11.5. The Kier molecular flexibility index (Phi) is 6.72. The number of aromatic nitrogens is 1. The predicted molar refractivity (Wildman–Crippen MR) is 201 cm³/mol. The zero-order valence-corrected chi connectivity index (χ0v) is 26.5. The number of hydrogen-bond acceptors (Lipinski definition) is 2. The molecule has 0 bridgehead atoms. The van der Waals surface area contributed by atoms with Crippen LogP contribution >= 0.6 is 0 Å². The molecule has 48 heavy (non-hydrogen) atoms. The van der Waals surface area contributed by atoms with Crippen molar-refractivity contribution < 1.29 is 4.42 Å². The first-order valence-electron chi connectivity index (χ1n) is 16.4. The van der Waals surface area contributed by atoms with E-state index < -0.39 is 0 Å². The minimum atomic E-state index is 0.851.